The van der Waals surface area contributed by atoms with E-state index in [4.69, 9.17) is 0 Å². The maximum Gasteiger partial charge on any atom is 0.191 e. The Morgan fingerprint density at radius 1 is 1.25 bits per heavy atom. The highest BCUT2D eigenvalue weighted by Gasteiger charge is 2.33. The number of hydrogen-bond acceptors (Lipinski definition) is 2. The third-order valence-electron chi connectivity index (χ3n) is 3.68. The van der Waals surface area contributed by atoms with E-state index >= 15 is 0 Å². The summed E-state index contributed by atoms with van der Waals surface area (Å²) in [6.07, 6.45) is 5.70. The summed E-state index contributed by atoms with van der Waals surface area (Å²) in [4.78, 5) is 7.35. The number of nitrogens with zero attached hydrogens (tertiary/aromatic N) is 2. The van der Waals surface area contributed by atoms with Crippen molar-refractivity contribution >= 4 is 29.9 Å². The standard InChI is InChI=1S/C15H30N4.HI/c1-4-16-15(18-12(2)3)17-9-10-19(14-7-8-14)11-13-5-6-13;/h12-14H,4-11H2,1-3H3,(H2,16,17,18);1H. The van der Waals surface area contributed by atoms with Gasteiger partial charge in [0.15, 0.2) is 5.96 Å². The average Bonchev–Trinajstić information content (AvgIpc) is 3.21. The van der Waals surface area contributed by atoms with Crippen molar-refractivity contribution in [3.8, 4) is 0 Å². The van der Waals surface area contributed by atoms with Gasteiger partial charge in [-0.2, -0.15) is 0 Å². The molecule has 0 bridgehead atoms. The maximum atomic E-state index is 4.68. The molecule has 0 unspecified atom stereocenters. The van der Waals surface area contributed by atoms with E-state index in [1.807, 2.05) is 0 Å². The van der Waals surface area contributed by atoms with E-state index in [9.17, 15) is 0 Å². The van der Waals surface area contributed by atoms with Crippen molar-refractivity contribution in [2.24, 2.45) is 10.9 Å². The highest BCUT2D eigenvalue weighted by Crippen LogP contribution is 2.34. The Morgan fingerprint density at radius 3 is 2.45 bits per heavy atom. The van der Waals surface area contributed by atoms with E-state index in [1.165, 1.54) is 32.2 Å². The van der Waals surface area contributed by atoms with Crippen LogP contribution in [0.3, 0.4) is 0 Å². The van der Waals surface area contributed by atoms with E-state index in [0.717, 1.165) is 37.6 Å². The van der Waals surface area contributed by atoms with Gasteiger partial charge >= 0.3 is 0 Å². The van der Waals surface area contributed by atoms with Crippen LogP contribution in [0.4, 0.5) is 0 Å². The minimum atomic E-state index is 0. The third-order valence-corrected chi connectivity index (χ3v) is 3.68. The molecular formula is C15H31IN4. The normalized spacial score (nSPS) is 19.1. The van der Waals surface area contributed by atoms with Gasteiger partial charge in [0, 0.05) is 31.7 Å². The minimum absolute atomic E-state index is 0. The number of halogens is 1. The summed E-state index contributed by atoms with van der Waals surface area (Å²) in [5, 5.41) is 6.68. The fourth-order valence-electron chi connectivity index (χ4n) is 2.38. The second kappa shape index (κ2) is 9.07. The molecule has 2 aliphatic rings. The van der Waals surface area contributed by atoms with Crippen LogP contribution < -0.4 is 10.6 Å². The summed E-state index contributed by atoms with van der Waals surface area (Å²) in [7, 11) is 0. The van der Waals surface area contributed by atoms with Crippen molar-refractivity contribution in [1.29, 1.82) is 0 Å². The average molecular weight is 394 g/mol. The molecule has 2 rings (SSSR count). The zero-order chi connectivity index (χ0) is 13.7. The van der Waals surface area contributed by atoms with E-state index < -0.39 is 0 Å². The van der Waals surface area contributed by atoms with Crippen molar-refractivity contribution in [2.45, 2.75) is 58.5 Å². The molecule has 0 aromatic rings. The van der Waals surface area contributed by atoms with Gasteiger partial charge in [-0.1, -0.05) is 0 Å². The highest BCUT2D eigenvalue weighted by atomic mass is 127. The number of nitrogens with one attached hydrogen (secondary N) is 2. The zero-order valence-corrected chi connectivity index (χ0v) is 15.5. The predicted octanol–water partition coefficient (Wildman–Crippen LogP) is 2.44. The van der Waals surface area contributed by atoms with Crippen LogP contribution in [-0.4, -0.2) is 49.1 Å². The summed E-state index contributed by atoms with van der Waals surface area (Å²) in [5.41, 5.74) is 0. The first kappa shape index (κ1) is 18.0. The summed E-state index contributed by atoms with van der Waals surface area (Å²) in [6.45, 7) is 10.7. The molecule has 0 amide bonds. The van der Waals surface area contributed by atoms with Gasteiger partial charge in [-0.05, 0) is 52.4 Å². The number of rotatable bonds is 8. The molecule has 118 valence electrons. The van der Waals surface area contributed by atoms with Crippen LogP contribution in [-0.2, 0) is 0 Å². The van der Waals surface area contributed by atoms with Crippen LogP contribution in [0.2, 0.25) is 0 Å². The Morgan fingerprint density at radius 2 is 1.95 bits per heavy atom. The molecule has 2 N–H and O–H groups in total. The SMILES string of the molecule is CCNC(=NCCN(CC1CC1)C1CC1)NC(C)C.I. The molecular weight excluding hydrogens is 363 g/mol. The lowest BCUT2D eigenvalue weighted by Gasteiger charge is -2.21. The van der Waals surface area contributed by atoms with Crippen molar-refractivity contribution in [3.05, 3.63) is 0 Å². The number of guanidine groups is 1. The minimum Gasteiger partial charge on any atom is -0.357 e. The maximum absolute atomic E-state index is 4.68. The summed E-state index contributed by atoms with van der Waals surface area (Å²) >= 11 is 0. The first-order chi connectivity index (χ1) is 9.19. The topological polar surface area (TPSA) is 39.7 Å². The smallest absolute Gasteiger partial charge is 0.191 e. The molecule has 0 aromatic heterocycles. The van der Waals surface area contributed by atoms with Crippen molar-refractivity contribution < 1.29 is 0 Å². The molecule has 5 heteroatoms. The van der Waals surface area contributed by atoms with Crippen LogP contribution in [0.5, 0.6) is 0 Å². The lowest BCUT2D eigenvalue weighted by atomic mass is 10.3. The first-order valence-electron chi connectivity index (χ1n) is 7.98. The van der Waals surface area contributed by atoms with E-state index in [1.54, 1.807) is 0 Å². The summed E-state index contributed by atoms with van der Waals surface area (Å²) in [6, 6.07) is 1.31. The lowest BCUT2D eigenvalue weighted by Crippen LogP contribution is -2.41. The molecule has 2 fully saturated rings. The van der Waals surface area contributed by atoms with Crippen LogP contribution in [0, 0.1) is 5.92 Å². The lowest BCUT2D eigenvalue weighted by molar-refractivity contribution is 0.260. The largest absolute Gasteiger partial charge is 0.357 e. The molecule has 4 nitrogen and oxygen atoms in total. The van der Waals surface area contributed by atoms with Gasteiger partial charge in [0.1, 0.15) is 0 Å². The Balaban J connectivity index is 0.00000200. The number of aliphatic imine (C=N–C) groups is 1. The molecule has 20 heavy (non-hydrogen) atoms. The summed E-state index contributed by atoms with van der Waals surface area (Å²) in [5.74, 6) is 1.95. The monoisotopic (exact) mass is 394 g/mol. The van der Waals surface area contributed by atoms with Crippen molar-refractivity contribution in [3.63, 3.8) is 0 Å². The van der Waals surface area contributed by atoms with E-state index in [0.29, 0.717) is 6.04 Å². The second-order valence-electron chi connectivity index (χ2n) is 6.23. The van der Waals surface area contributed by atoms with Crippen LogP contribution in [0.1, 0.15) is 46.5 Å². The van der Waals surface area contributed by atoms with Gasteiger partial charge in [0.25, 0.3) is 0 Å². The molecule has 0 aromatic carbocycles. The van der Waals surface area contributed by atoms with Gasteiger partial charge in [-0.3, -0.25) is 9.89 Å². The molecule has 2 aliphatic carbocycles. The zero-order valence-electron chi connectivity index (χ0n) is 13.2. The summed E-state index contributed by atoms with van der Waals surface area (Å²) < 4.78 is 0. The Kier molecular flexibility index (Phi) is 8.17. The van der Waals surface area contributed by atoms with Gasteiger partial charge in [-0.15, -0.1) is 24.0 Å². The van der Waals surface area contributed by atoms with Gasteiger partial charge in [-0.25, -0.2) is 0 Å². The van der Waals surface area contributed by atoms with E-state index in [-0.39, 0.29) is 24.0 Å². The molecule has 2 saturated carbocycles. The fraction of sp³-hybridized carbons (Fsp3) is 0.933. The number of hydrogen-bond donors (Lipinski definition) is 2. The highest BCUT2D eigenvalue weighted by molar-refractivity contribution is 14.0. The first-order valence-corrected chi connectivity index (χ1v) is 7.98. The van der Waals surface area contributed by atoms with Crippen LogP contribution in [0.15, 0.2) is 4.99 Å². The predicted molar refractivity (Wildman–Crippen MR) is 97.0 cm³/mol. The third kappa shape index (κ3) is 7.11. The van der Waals surface area contributed by atoms with Crippen molar-refractivity contribution in [2.75, 3.05) is 26.2 Å². The second-order valence-corrected chi connectivity index (χ2v) is 6.23. The Labute approximate surface area is 141 Å². The van der Waals surface area contributed by atoms with Gasteiger partial charge < -0.3 is 10.6 Å². The Bertz CT molecular complexity index is 298. The van der Waals surface area contributed by atoms with Crippen LogP contribution >= 0.6 is 24.0 Å². The van der Waals surface area contributed by atoms with Crippen LogP contribution in [0.25, 0.3) is 0 Å². The van der Waals surface area contributed by atoms with E-state index in [2.05, 4.69) is 41.3 Å². The molecule has 0 aliphatic heterocycles. The molecule has 0 heterocycles. The molecule has 0 spiro atoms. The molecule has 0 radical (unpaired) electrons. The van der Waals surface area contributed by atoms with Gasteiger partial charge in [0.2, 0.25) is 0 Å². The Hall–Kier alpha value is -0.0400. The fourth-order valence-corrected chi connectivity index (χ4v) is 2.38. The molecule has 0 atom stereocenters. The van der Waals surface area contributed by atoms with Gasteiger partial charge in [0.05, 0.1) is 6.54 Å². The quantitative estimate of drug-likeness (QED) is 0.378. The van der Waals surface area contributed by atoms with Crippen molar-refractivity contribution in [1.82, 2.24) is 15.5 Å². The molecule has 0 saturated heterocycles.